The van der Waals surface area contributed by atoms with Gasteiger partial charge in [-0.05, 0) is 24.3 Å². The molecule has 7 nitrogen and oxygen atoms in total. The third-order valence-corrected chi connectivity index (χ3v) is 9.26. The Morgan fingerprint density at radius 1 is 0.975 bits per heavy atom. The first-order valence-corrected chi connectivity index (χ1v) is 14.8. The van der Waals surface area contributed by atoms with Crippen LogP contribution in [0.5, 0.6) is 5.75 Å². The topological polar surface area (TPSA) is 71.8 Å². The van der Waals surface area contributed by atoms with Crippen LogP contribution in [0.15, 0.2) is 59.6 Å². The van der Waals surface area contributed by atoms with Crippen molar-refractivity contribution in [1.29, 1.82) is 0 Å². The summed E-state index contributed by atoms with van der Waals surface area (Å²) in [5.74, 6) is -0.228. The summed E-state index contributed by atoms with van der Waals surface area (Å²) in [6.07, 6.45) is -1.99. The van der Waals surface area contributed by atoms with Crippen LogP contribution in [0, 0.1) is 0 Å². The van der Waals surface area contributed by atoms with Crippen molar-refractivity contribution < 1.29 is 26.7 Å². The summed E-state index contributed by atoms with van der Waals surface area (Å²) in [6, 6.07) is 12.4. The third-order valence-electron chi connectivity index (χ3n) is 6.83. The van der Waals surface area contributed by atoms with Crippen LogP contribution < -0.4 is 9.64 Å². The molecule has 14 heteroatoms. The summed E-state index contributed by atoms with van der Waals surface area (Å²) in [4.78, 5) is 15.6. The SMILES string of the molecule is COc1c(N2CCN(C(=O)C(Cl)(Cl)Cl)CC2)cc(S(=O)(=O)n2cc(C(F)F)c3cc(Cl)ccc32)c2ccccc12. The third kappa shape index (κ3) is 5.05. The second-order valence-electron chi connectivity index (χ2n) is 9.10. The van der Waals surface area contributed by atoms with Gasteiger partial charge in [0, 0.05) is 59.1 Å². The molecule has 0 N–H and O–H groups in total. The minimum absolute atomic E-state index is 0.0406. The molecule has 40 heavy (non-hydrogen) atoms. The van der Waals surface area contributed by atoms with Crippen LogP contribution in [0.2, 0.25) is 5.02 Å². The molecule has 1 aliphatic heterocycles. The van der Waals surface area contributed by atoms with E-state index in [2.05, 4.69) is 0 Å². The van der Waals surface area contributed by atoms with E-state index in [9.17, 15) is 22.0 Å². The van der Waals surface area contributed by atoms with Crippen LogP contribution in [-0.2, 0) is 14.8 Å². The predicted molar refractivity (Wildman–Crippen MR) is 154 cm³/mol. The lowest BCUT2D eigenvalue weighted by Crippen LogP contribution is -2.51. The molecule has 212 valence electrons. The van der Waals surface area contributed by atoms with E-state index in [0.717, 1.165) is 10.2 Å². The lowest BCUT2D eigenvalue weighted by Gasteiger charge is -2.38. The van der Waals surface area contributed by atoms with E-state index in [1.54, 1.807) is 24.3 Å². The monoisotopic (exact) mass is 649 g/mol. The molecule has 0 bridgehead atoms. The van der Waals surface area contributed by atoms with Crippen LogP contribution in [0.3, 0.4) is 0 Å². The quantitative estimate of drug-likeness (QED) is 0.226. The normalized spacial score (nSPS) is 14.9. The molecular formula is C26H21Cl4F2N3O4S. The van der Waals surface area contributed by atoms with Gasteiger partial charge in [-0.3, -0.25) is 4.79 Å². The molecule has 0 aliphatic carbocycles. The minimum atomic E-state index is -4.41. The number of carbonyl (C=O) groups is 1. The summed E-state index contributed by atoms with van der Waals surface area (Å²) in [7, 11) is -2.93. The Hall–Kier alpha value is -2.50. The van der Waals surface area contributed by atoms with E-state index < -0.39 is 31.7 Å². The molecule has 2 heterocycles. The van der Waals surface area contributed by atoms with Crippen molar-refractivity contribution in [3.05, 3.63) is 65.3 Å². The van der Waals surface area contributed by atoms with Gasteiger partial charge < -0.3 is 14.5 Å². The molecule has 0 saturated carbocycles. The second-order valence-corrected chi connectivity index (χ2v) is 13.6. The number of hydrogen-bond acceptors (Lipinski definition) is 5. The van der Waals surface area contributed by atoms with Gasteiger partial charge in [0.15, 0.2) is 0 Å². The van der Waals surface area contributed by atoms with Gasteiger partial charge in [-0.25, -0.2) is 21.2 Å². The molecular weight excluding hydrogens is 630 g/mol. The number of carbonyl (C=O) groups excluding carboxylic acids is 1. The summed E-state index contributed by atoms with van der Waals surface area (Å²) < 4.78 is 60.7. The van der Waals surface area contributed by atoms with Gasteiger partial charge in [0.25, 0.3) is 26.1 Å². The Bertz CT molecular complexity index is 1730. The number of hydrogen-bond donors (Lipinski definition) is 0. The number of nitrogens with zero attached hydrogens (tertiary/aromatic N) is 3. The van der Waals surface area contributed by atoms with Gasteiger partial charge in [0.2, 0.25) is 0 Å². The average Bonchev–Trinajstić information content (AvgIpc) is 3.31. The zero-order valence-electron chi connectivity index (χ0n) is 20.8. The summed E-state index contributed by atoms with van der Waals surface area (Å²) in [6.45, 7) is 1.01. The molecule has 1 aromatic heterocycles. The number of piperazine rings is 1. The highest BCUT2D eigenvalue weighted by molar-refractivity contribution is 7.90. The van der Waals surface area contributed by atoms with Gasteiger partial charge in [-0.15, -0.1) is 0 Å². The van der Waals surface area contributed by atoms with Crippen molar-refractivity contribution in [2.24, 2.45) is 0 Å². The number of rotatable bonds is 5. The number of alkyl halides is 5. The maximum atomic E-state index is 14.2. The van der Waals surface area contributed by atoms with Crippen LogP contribution in [0.1, 0.15) is 12.0 Å². The van der Waals surface area contributed by atoms with Gasteiger partial charge in [-0.2, -0.15) is 0 Å². The molecule has 1 amide bonds. The molecule has 1 aliphatic rings. The van der Waals surface area contributed by atoms with Crippen LogP contribution in [0.25, 0.3) is 21.7 Å². The van der Waals surface area contributed by atoms with Crippen LogP contribution in [-0.4, -0.2) is 60.3 Å². The highest BCUT2D eigenvalue weighted by Crippen LogP contribution is 2.42. The fourth-order valence-corrected chi connectivity index (χ4v) is 7.10. The Morgan fingerprint density at radius 3 is 2.23 bits per heavy atom. The van der Waals surface area contributed by atoms with Crippen molar-refractivity contribution in [2.75, 3.05) is 38.2 Å². The highest BCUT2D eigenvalue weighted by Gasteiger charge is 2.37. The molecule has 1 fully saturated rings. The van der Waals surface area contributed by atoms with Gasteiger partial charge in [0.05, 0.1) is 23.2 Å². The molecule has 0 atom stereocenters. The zero-order valence-corrected chi connectivity index (χ0v) is 24.6. The Labute approximate surface area is 248 Å². The standard InChI is InChI=1S/C26H21Cl4F2N3O4S/c1-39-23-17-5-3-2-4-16(17)22(13-21(23)33-8-10-34(11-9-33)25(36)26(28,29)30)40(37,38)35-14-19(24(31)32)18-12-15(27)6-7-20(18)35/h2-7,12-14,24H,8-11H2,1H3. The molecule has 0 radical (unpaired) electrons. The van der Waals surface area contributed by atoms with Gasteiger partial charge in [0.1, 0.15) is 5.75 Å². The zero-order chi connectivity index (χ0) is 29.0. The van der Waals surface area contributed by atoms with Gasteiger partial charge in [-0.1, -0.05) is 70.7 Å². The van der Waals surface area contributed by atoms with Crippen molar-refractivity contribution in [3.8, 4) is 5.75 Å². The molecule has 4 aromatic rings. The number of aromatic nitrogens is 1. The number of ether oxygens (including phenoxy) is 1. The van der Waals surface area contributed by atoms with E-state index in [0.29, 0.717) is 35.3 Å². The van der Waals surface area contributed by atoms with Crippen LogP contribution in [0.4, 0.5) is 14.5 Å². The Morgan fingerprint density at radius 2 is 1.62 bits per heavy atom. The molecule has 1 saturated heterocycles. The van der Waals surface area contributed by atoms with Crippen LogP contribution >= 0.6 is 46.4 Å². The number of anilines is 1. The van der Waals surface area contributed by atoms with E-state index in [1.807, 2.05) is 4.90 Å². The Kier molecular flexibility index (Phi) is 7.78. The minimum Gasteiger partial charge on any atom is -0.494 e. The highest BCUT2D eigenvalue weighted by atomic mass is 35.6. The van der Waals surface area contributed by atoms with E-state index in [-0.39, 0.29) is 33.9 Å². The fourth-order valence-electron chi connectivity index (χ4n) is 4.97. The second kappa shape index (κ2) is 10.7. The number of methoxy groups -OCH3 is 1. The largest absolute Gasteiger partial charge is 0.494 e. The van der Waals surface area contributed by atoms with Crippen molar-refractivity contribution in [1.82, 2.24) is 8.87 Å². The first-order chi connectivity index (χ1) is 18.8. The van der Waals surface area contributed by atoms with E-state index >= 15 is 0 Å². The summed E-state index contributed by atoms with van der Waals surface area (Å²) >= 11 is 23.3. The number of fused-ring (bicyclic) bond motifs is 2. The lowest BCUT2D eigenvalue weighted by molar-refractivity contribution is -0.130. The first kappa shape index (κ1) is 29.0. The molecule has 3 aromatic carbocycles. The number of halogens is 6. The predicted octanol–water partition coefficient (Wildman–Crippen LogP) is 6.65. The molecule has 0 unspecified atom stereocenters. The number of amides is 1. The van der Waals surface area contributed by atoms with Crippen molar-refractivity contribution in [3.63, 3.8) is 0 Å². The maximum absolute atomic E-state index is 14.2. The average molecular weight is 651 g/mol. The van der Waals surface area contributed by atoms with Crippen molar-refractivity contribution in [2.45, 2.75) is 15.1 Å². The fraction of sp³-hybridized carbons (Fsp3) is 0.269. The van der Waals surface area contributed by atoms with Gasteiger partial charge >= 0.3 is 0 Å². The molecule has 0 spiro atoms. The van der Waals surface area contributed by atoms with Crippen molar-refractivity contribution >= 4 is 89.7 Å². The molecule has 5 rings (SSSR count). The lowest BCUT2D eigenvalue weighted by atomic mass is 10.1. The number of benzene rings is 3. The van der Waals surface area contributed by atoms with E-state index in [4.69, 9.17) is 51.1 Å². The summed E-state index contributed by atoms with van der Waals surface area (Å²) in [5.41, 5.74) is 0.0724. The first-order valence-electron chi connectivity index (χ1n) is 11.9. The van der Waals surface area contributed by atoms with E-state index in [1.165, 1.54) is 36.3 Å². The summed E-state index contributed by atoms with van der Waals surface area (Å²) in [5, 5.41) is 1.10. The smallest absolute Gasteiger partial charge is 0.274 e. The maximum Gasteiger partial charge on any atom is 0.274 e. The Balaban J connectivity index is 1.66.